The van der Waals surface area contributed by atoms with E-state index < -0.39 is 0 Å². The van der Waals surface area contributed by atoms with E-state index >= 15 is 0 Å². The van der Waals surface area contributed by atoms with Crippen molar-refractivity contribution in [2.75, 3.05) is 0 Å². The van der Waals surface area contributed by atoms with Crippen molar-refractivity contribution in [1.82, 2.24) is 49.8 Å². The van der Waals surface area contributed by atoms with Gasteiger partial charge in [-0.3, -0.25) is 24.9 Å². The zero-order valence-corrected chi connectivity index (χ0v) is 55.8. The van der Waals surface area contributed by atoms with Gasteiger partial charge >= 0.3 is 0 Å². The van der Waals surface area contributed by atoms with Gasteiger partial charge in [-0.05, 0) is 170 Å². The van der Waals surface area contributed by atoms with Crippen molar-refractivity contribution in [2.24, 2.45) is 0 Å². The third-order valence-electron chi connectivity index (χ3n) is 20.0. The highest BCUT2D eigenvalue weighted by Gasteiger charge is 2.16. The van der Waals surface area contributed by atoms with Crippen LogP contribution in [-0.2, 0) is 0 Å². The van der Waals surface area contributed by atoms with E-state index in [4.69, 9.17) is 34.9 Å². The number of aromatic nitrogens is 10. The van der Waals surface area contributed by atoms with Crippen LogP contribution in [0.4, 0.5) is 0 Å². The molecular formula is C94H56N10. The van der Waals surface area contributed by atoms with Crippen LogP contribution in [0.25, 0.3) is 209 Å². The summed E-state index contributed by atoms with van der Waals surface area (Å²) in [4.78, 5) is 48.5. The van der Waals surface area contributed by atoms with Gasteiger partial charge in [-0.15, -0.1) is 0 Å². The summed E-state index contributed by atoms with van der Waals surface area (Å²) in [5.74, 6) is 0. The van der Waals surface area contributed by atoms with Gasteiger partial charge in [0.25, 0.3) is 0 Å². The lowest BCUT2D eigenvalue weighted by atomic mass is 9.96. The molecule has 10 aromatic heterocycles. The molecule has 0 bridgehead atoms. The zero-order chi connectivity index (χ0) is 68.6. The maximum absolute atomic E-state index is 5.09. The summed E-state index contributed by atoms with van der Waals surface area (Å²) in [6.07, 6.45) is 9.32. The van der Waals surface area contributed by atoms with Crippen LogP contribution in [0.3, 0.4) is 0 Å². The first-order chi connectivity index (χ1) is 51.4. The molecule has 0 aliphatic heterocycles. The van der Waals surface area contributed by atoms with Crippen molar-refractivity contribution >= 4 is 120 Å². The molecule has 0 saturated heterocycles. The van der Waals surface area contributed by atoms with E-state index in [0.29, 0.717) is 0 Å². The topological polar surface area (TPSA) is 129 Å². The Labute approximate surface area is 596 Å². The van der Waals surface area contributed by atoms with E-state index in [1.165, 1.54) is 0 Å². The van der Waals surface area contributed by atoms with E-state index in [1.54, 1.807) is 0 Å². The normalized spacial score (nSPS) is 11.7. The van der Waals surface area contributed by atoms with Crippen LogP contribution in [0, 0.1) is 0 Å². The van der Waals surface area contributed by atoms with Gasteiger partial charge in [0.2, 0.25) is 0 Å². The minimum absolute atomic E-state index is 0.864. The van der Waals surface area contributed by atoms with Gasteiger partial charge in [0.1, 0.15) is 0 Å². The molecule has 0 amide bonds. The van der Waals surface area contributed by atoms with Crippen LogP contribution in [0.1, 0.15) is 0 Å². The Morgan fingerprint density at radius 2 is 0.529 bits per heavy atom. The molecular weight excluding hydrogens is 1270 g/mol. The number of nitrogens with zero attached hydrogens (tertiary/aromatic N) is 10. The maximum atomic E-state index is 5.09. The summed E-state index contributed by atoms with van der Waals surface area (Å²) in [5, 5.41) is 15.6. The third-order valence-corrected chi connectivity index (χ3v) is 20.0. The van der Waals surface area contributed by atoms with E-state index in [9.17, 15) is 0 Å². The fraction of sp³-hybridized carbons (Fsp3) is 0. The number of benzene rings is 11. The lowest BCUT2D eigenvalue weighted by molar-refractivity contribution is 1.29. The van der Waals surface area contributed by atoms with Crippen molar-refractivity contribution < 1.29 is 0 Å². The SMILES string of the molecule is c1ccc2cc(-c3ccc4ccc(-c5ccc6nc(-c7ccc(-c8cc9cccnc9c9ncccc89)cc7)ccc6c5)cc4n3)ncc2c1.c1ccc2cc(-c3ccc4ccc(-c5ccc6nc(-c7ccc8cc(-c9ccc%10ccc%11cccnc%11c%10n9)ccc8c7)ccc6c5)cc4n3)ncc2c1. The monoisotopic (exact) mass is 1320 g/mol. The number of hydrogen-bond donors (Lipinski definition) is 0. The summed E-state index contributed by atoms with van der Waals surface area (Å²) in [6, 6.07) is 108. The van der Waals surface area contributed by atoms with Crippen molar-refractivity contribution in [1.29, 1.82) is 0 Å². The Balaban J connectivity index is 0.000000139. The molecule has 482 valence electrons. The second kappa shape index (κ2) is 24.9. The van der Waals surface area contributed by atoms with E-state index in [2.05, 4.69) is 282 Å². The largest absolute Gasteiger partial charge is 0.254 e. The molecule has 21 rings (SSSR count). The summed E-state index contributed by atoms with van der Waals surface area (Å²) in [6.45, 7) is 0. The molecule has 104 heavy (non-hydrogen) atoms. The van der Waals surface area contributed by atoms with Crippen LogP contribution < -0.4 is 0 Å². The fourth-order valence-electron chi connectivity index (χ4n) is 14.5. The average molecular weight is 1330 g/mol. The molecule has 10 nitrogen and oxygen atoms in total. The van der Waals surface area contributed by atoms with Gasteiger partial charge in [-0.2, -0.15) is 0 Å². The second-order valence-electron chi connectivity index (χ2n) is 26.4. The van der Waals surface area contributed by atoms with Gasteiger partial charge in [0.15, 0.2) is 0 Å². The first kappa shape index (κ1) is 59.8. The third kappa shape index (κ3) is 11.0. The molecule has 0 saturated carbocycles. The molecule has 11 aromatic carbocycles. The molecule has 10 heterocycles. The van der Waals surface area contributed by atoms with E-state index in [-0.39, 0.29) is 0 Å². The summed E-state index contributed by atoms with van der Waals surface area (Å²) >= 11 is 0. The minimum Gasteiger partial charge on any atom is -0.254 e. The molecule has 21 aromatic rings. The maximum Gasteiger partial charge on any atom is 0.0972 e. The van der Waals surface area contributed by atoms with Gasteiger partial charge < -0.3 is 0 Å². The minimum atomic E-state index is 0.864. The molecule has 0 aliphatic rings. The summed E-state index contributed by atoms with van der Waals surface area (Å²) in [5.41, 5.74) is 23.8. The average Bonchev–Trinajstić information content (AvgIpc) is 0.799. The van der Waals surface area contributed by atoms with Crippen molar-refractivity contribution in [3.8, 4) is 89.9 Å². The van der Waals surface area contributed by atoms with Crippen molar-refractivity contribution in [3.05, 3.63) is 340 Å². The van der Waals surface area contributed by atoms with Crippen LogP contribution in [-0.4, -0.2) is 49.8 Å². The van der Waals surface area contributed by atoms with Crippen LogP contribution >= 0.6 is 0 Å². The lowest BCUT2D eigenvalue weighted by Gasteiger charge is -2.11. The Bertz CT molecular complexity index is 7080. The first-order valence-electron chi connectivity index (χ1n) is 34.7. The van der Waals surface area contributed by atoms with Crippen LogP contribution in [0.2, 0.25) is 0 Å². The Kier molecular flexibility index (Phi) is 14.3. The number of pyridine rings is 10. The summed E-state index contributed by atoms with van der Waals surface area (Å²) in [7, 11) is 0. The predicted molar refractivity (Wildman–Crippen MR) is 427 cm³/mol. The van der Waals surface area contributed by atoms with Crippen LogP contribution in [0.5, 0.6) is 0 Å². The predicted octanol–water partition coefficient (Wildman–Crippen LogP) is 23.3. The second-order valence-corrected chi connectivity index (χ2v) is 26.4. The van der Waals surface area contributed by atoms with Gasteiger partial charge in [0, 0.05) is 102 Å². The standard InChI is InChI=1S/C49H29N5.C45H27N5/c1-2-5-41-29-51-47(28-33(41)4-1)45-22-15-30-7-10-37(27-46(30)53-45)36-17-20-42-40(26-36)18-21-43(52-42)38-13-11-35-25-39(14-12-34(35)24-38)44-19-16-32-9-8-31-6-3-23-50-48(31)49(32)54-44;1-2-6-36-27-48-43(26-31(36)5-1)41-20-15-30-13-14-33(25-42(30)50-41)32-16-18-40-34(23-32)17-19-39(49-40)29-11-9-28(10-12-29)38-24-35-7-3-21-46-44(35)45-37(38)8-4-22-47-45/h1-29H;1-27H. The molecule has 0 fully saturated rings. The molecule has 0 atom stereocenters. The zero-order valence-electron chi connectivity index (χ0n) is 55.8. The van der Waals surface area contributed by atoms with Gasteiger partial charge in [0.05, 0.1) is 84.0 Å². The fourth-order valence-corrected chi connectivity index (χ4v) is 14.5. The number of hydrogen-bond acceptors (Lipinski definition) is 10. The van der Waals surface area contributed by atoms with Crippen molar-refractivity contribution in [3.63, 3.8) is 0 Å². The highest BCUT2D eigenvalue weighted by atomic mass is 14.8. The molecule has 10 heteroatoms. The molecule has 0 unspecified atom stereocenters. The number of fused-ring (bicyclic) bond motifs is 13. The lowest BCUT2D eigenvalue weighted by Crippen LogP contribution is -1.90. The first-order valence-corrected chi connectivity index (χ1v) is 34.7. The highest BCUT2D eigenvalue weighted by molar-refractivity contribution is 6.10. The van der Waals surface area contributed by atoms with E-state index in [1.807, 2.05) is 73.4 Å². The molecule has 0 N–H and O–H groups in total. The smallest absolute Gasteiger partial charge is 0.0972 e. The Hall–Kier alpha value is -14.2. The van der Waals surface area contributed by atoms with Crippen LogP contribution in [0.15, 0.2) is 340 Å². The molecule has 0 spiro atoms. The Morgan fingerprint density at radius 3 is 1.12 bits per heavy atom. The highest BCUT2D eigenvalue weighted by Crippen LogP contribution is 2.38. The van der Waals surface area contributed by atoms with Gasteiger partial charge in [-0.1, -0.05) is 194 Å². The van der Waals surface area contributed by atoms with E-state index in [0.717, 1.165) is 209 Å². The molecule has 0 aliphatic carbocycles. The quantitative estimate of drug-likeness (QED) is 0.136. The number of rotatable bonds is 8. The molecule has 0 radical (unpaired) electrons. The van der Waals surface area contributed by atoms with Gasteiger partial charge in [-0.25, -0.2) is 24.9 Å². The Morgan fingerprint density at radius 1 is 0.163 bits per heavy atom. The van der Waals surface area contributed by atoms with Crippen molar-refractivity contribution in [2.45, 2.75) is 0 Å². The summed E-state index contributed by atoms with van der Waals surface area (Å²) < 4.78 is 0.